The molecule has 0 fully saturated rings. The average Bonchev–Trinajstić information content (AvgIpc) is 2.29. The van der Waals surface area contributed by atoms with E-state index in [1.165, 1.54) is 0 Å². The summed E-state index contributed by atoms with van der Waals surface area (Å²) in [5.41, 5.74) is 12.3. The molecule has 1 aromatic carbocycles. The van der Waals surface area contributed by atoms with Crippen LogP contribution in [-0.2, 0) is 6.42 Å². The van der Waals surface area contributed by atoms with Gasteiger partial charge in [-0.3, -0.25) is 0 Å². The maximum atomic E-state index is 5.24. The smallest absolute Gasteiger partial charge is 0.211 e. The van der Waals surface area contributed by atoms with Crippen LogP contribution in [0.25, 0.3) is 0 Å². The van der Waals surface area contributed by atoms with Gasteiger partial charge in [-0.1, -0.05) is 6.08 Å². The molecule has 0 saturated heterocycles. The van der Waals surface area contributed by atoms with E-state index in [-0.39, 0.29) is 5.96 Å². The van der Waals surface area contributed by atoms with Gasteiger partial charge in [0.1, 0.15) is 5.75 Å². The fourth-order valence-electron chi connectivity index (χ4n) is 1.36. The number of allylic oxidation sites excluding steroid dienone is 1. The molecule has 0 spiro atoms. The van der Waals surface area contributed by atoms with Crippen molar-refractivity contribution in [1.82, 2.24) is 0 Å². The molecule has 0 bridgehead atoms. The molecule has 0 heterocycles. The topological polar surface area (TPSA) is 86.0 Å². The lowest BCUT2D eigenvalue weighted by Crippen LogP contribution is -2.21. The number of rotatable bonds is 5. The first kappa shape index (κ1) is 12.8. The molecule has 5 heteroatoms. The number of methoxy groups -OCH3 is 1. The number of nitrogens with two attached hydrogens (primary N) is 2. The summed E-state index contributed by atoms with van der Waals surface area (Å²) < 4.78 is 5.24. The van der Waals surface area contributed by atoms with E-state index in [1.54, 1.807) is 13.3 Å². The minimum absolute atomic E-state index is 0.0684. The van der Waals surface area contributed by atoms with Crippen molar-refractivity contribution in [1.29, 1.82) is 0 Å². The zero-order chi connectivity index (χ0) is 12.7. The van der Waals surface area contributed by atoms with E-state index in [0.717, 1.165) is 23.3 Å². The molecule has 17 heavy (non-hydrogen) atoms. The van der Waals surface area contributed by atoms with Gasteiger partial charge in [-0.15, -0.1) is 11.7 Å². The Hall–Kier alpha value is -2.30. The predicted molar refractivity (Wildman–Crippen MR) is 70.3 cm³/mol. The summed E-state index contributed by atoms with van der Waals surface area (Å²) in [5.74, 6) is 0.755. The fourth-order valence-corrected chi connectivity index (χ4v) is 1.36. The van der Waals surface area contributed by atoms with E-state index < -0.39 is 0 Å². The van der Waals surface area contributed by atoms with Gasteiger partial charge in [0.15, 0.2) is 0 Å². The second-order valence-electron chi connectivity index (χ2n) is 3.33. The van der Waals surface area contributed by atoms with Crippen LogP contribution < -0.4 is 16.2 Å². The standard InChI is InChI=1S/C12H16N4O/c1-3-4-10-7-9(5-6-11(10)17-2)8-15-16-12(13)14/h3,5-8H,1,4H2,2H3,(H4,13,14,16). The lowest BCUT2D eigenvalue weighted by Gasteiger charge is -2.06. The van der Waals surface area contributed by atoms with Gasteiger partial charge in [-0.05, 0) is 35.7 Å². The molecular formula is C12H16N4O. The number of ether oxygens (including phenoxy) is 1. The van der Waals surface area contributed by atoms with E-state index >= 15 is 0 Å². The van der Waals surface area contributed by atoms with Crippen LogP contribution in [0.2, 0.25) is 0 Å². The first-order valence-electron chi connectivity index (χ1n) is 5.07. The fraction of sp³-hybridized carbons (Fsp3) is 0.167. The van der Waals surface area contributed by atoms with Crippen molar-refractivity contribution in [2.45, 2.75) is 6.42 Å². The molecule has 0 aromatic heterocycles. The molecule has 0 unspecified atom stereocenters. The Bertz CT molecular complexity index is 448. The summed E-state index contributed by atoms with van der Waals surface area (Å²) in [5, 5.41) is 7.27. The van der Waals surface area contributed by atoms with Crippen LogP contribution in [0, 0.1) is 0 Å². The Kier molecular flexibility index (Phi) is 4.75. The van der Waals surface area contributed by atoms with Crippen molar-refractivity contribution < 1.29 is 4.74 Å². The number of hydrogen-bond donors (Lipinski definition) is 2. The number of nitrogens with zero attached hydrogens (tertiary/aromatic N) is 2. The van der Waals surface area contributed by atoms with Crippen molar-refractivity contribution >= 4 is 12.2 Å². The van der Waals surface area contributed by atoms with Gasteiger partial charge >= 0.3 is 0 Å². The van der Waals surface area contributed by atoms with Crippen molar-refractivity contribution in [3.05, 3.63) is 42.0 Å². The minimum atomic E-state index is -0.0684. The van der Waals surface area contributed by atoms with E-state index in [0.29, 0.717) is 0 Å². The molecule has 4 N–H and O–H groups in total. The highest BCUT2D eigenvalue weighted by Crippen LogP contribution is 2.19. The summed E-state index contributed by atoms with van der Waals surface area (Å²) >= 11 is 0. The van der Waals surface area contributed by atoms with Gasteiger partial charge in [0.05, 0.1) is 13.3 Å². The van der Waals surface area contributed by atoms with Gasteiger partial charge in [0.2, 0.25) is 5.96 Å². The van der Waals surface area contributed by atoms with Gasteiger partial charge in [0.25, 0.3) is 0 Å². The third kappa shape index (κ3) is 3.98. The van der Waals surface area contributed by atoms with Crippen LogP contribution in [0.4, 0.5) is 0 Å². The van der Waals surface area contributed by atoms with E-state index in [4.69, 9.17) is 16.2 Å². The molecule has 90 valence electrons. The quantitative estimate of drug-likeness (QED) is 0.344. The third-order valence-corrected chi connectivity index (χ3v) is 2.05. The maximum absolute atomic E-state index is 5.24. The lowest BCUT2D eigenvalue weighted by molar-refractivity contribution is 0.410. The first-order chi connectivity index (χ1) is 8.17. The van der Waals surface area contributed by atoms with Crippen LogP contribution in [0.3, 0.4) is 0 Å². The predicted octanol–water partition coefficient (Wildman–Crippen LogP) is 1.03. The van der Waals surface area contributed by atoms with E-state index in [1.807, 2.05) is 24.3 Å². The van der Waals surface area contributed by atoms with Crippen LogP contribution in [0.15, 0.2) is 41.1 Å². The van der Waals surface area contributed by atoms with Crippen LogP contribution in [-0.4, -0.2) is 19.3 Å². The Morgan fingerprint density at radius 2 is 2.24 bits per heavy atom. The van der Waals surface area contributed by atoms with Gasteiger partial charge in [-0.2, -0.15) is 5.10 Å². The Morgan fingerprint density at radius 3 is 2.82 bits per heavy atom. The zero-order valence-electron chi connectivity index (χ0n) is 9.76. The van der Waals surface area contributed by atoms with Crippen molar-refractivity contribution in [3.63, 3.8) is 0 Å². The molecular weight excluding hydrogens is 216 g/mol. The summed E-state index contributed by atoms with van der Waals surface area (Å²) in [6.07, 6.45) is 4.12. The molecule has 0 amide bonds. The highest BCUT2D eigenvalue weighted by Gasteiger charge is 2.01. The van der Waals surface area contributed by atoms with E-state index in [2.05, 4.69) is 16.8 Å². The number of guanidine groups is 1. The van der Waals surface area contributed by atoms with Crippen molar-refractivity contribution in [2.24, 2.45) is 21.7 Å². The minimum Gasteiger partial charge on any atom is -0.496 e. The zero-order valence-corrected chi connectivity index (χ0v) is 9.76. The molecule has 0 saturated carbocycles. The average molecular weight is 232 g/mol. The van der Waals surface area contributed by atoms with Crippen LogP contribution in [0.5, 0.6) is 5.75 Å². The Morgan fingerprint density at radius 1 is 1.47 bits per heavy atom. The summed E-state index contributed by atoms with van der Waals surface area (Å²) in [4.78, 5) is 0. The molecule has 1 rings (SSSR count). The second kappa shape index (κ2) is 6.32. The number of hydrogen-bond acceptors (Lipinski definition) is 3. The molecule has 0 atom stereocenters. The molecule has 0 aliphatic carbocycles. The van der Waals surface area contributed by atoms with E-state index in [9.17, 15) is 0 Å². The largest absolute Gasteiger partial charge is 0.496 e. The van der Waals surface area contributed by atoms with Gasteiger partial charge in [0, 0.05) is 0 Å². The summed E-state index contributed by atoms with van der Waals surface area (Å²) in [7, 11) is 1.63. The highest BCUT2D eigenvalue weighted by molar-refractivity contribution is 5.82. The third-order valence-electron chi connectivity index (χ3n) is 2.05. The van der Waals surface area contributed by atoms with Gasteiger partial charge in [-0.25, -0.2) is 0 Å². The van der Waals surface area contributed by atoms with Crippen LogP contribution >= 0.6 is 0 Å². The Balaban J connectivity index is 2.95. The first-order valence-corrected chi connectivity index (χ1v) is 5.07. The van der Waals surface area contributed by atoms with Gasteiger partial charge < -0.3 is 16.2 Å². The molecule has 5 nitrogen and oxygen atoms in total. The van der Waals surface area contributed by atoms with Crippen LogP contribution in [0.1, 0.15) is 11.1 Å². The highest BCUT2D eigenvalue weighted by atomic mass is 16.5. The second-order valence-corrected chi connectivity index (χ2v) is 3.33. The maximum Gasteiger partial charge on any atom is 0.211 e. The SMILES string of the molecule is C=CCc1cc(C=NN=C(N)N)ccc1OC. The molecule has 0 radical (unpaired) electrons. The molecule has 0 aliphatic heterocycles. The Labute approximate surface area is 100 Å². The molecule has 0 aliphatic rings. The monoisotopic (exact) mass is 232 g/mol. The lowest BCUT2D eigenvalue weighted by atomic mass is 10.1. The summed E-state index contributed by atoms with van der Waals surface area (Å²) in [6.45, 7) is 3.70. The number of benzene rings is 1. The normalized spacial score (nSPS) is 10.2. The van der Waals surface area contributed by atoms with Crippen molar-refractivity contribution in [2.75, 3.05) is 7.11 Å². The molecule has 1 aromatic rings. The van der Waals surface area contributed by atoms with Crippen molar-refractivity contribution in [3.8, 4) is 5.75 Å². The summed E-state index contributed by atoms with van der Waals surface area (Å²) in [6, 6.07) is 5.69.